The fourth-order valence-electron chi connectivity index (χ4n) is 1.81. The highest BCUT2D eigenvalue weighted by atomic mass is 16.5. The van der Waals surface area contributed by atoms with Crippen LogP contribution in [0.1, 0.15) is 12.1 Å². The van der Waals surface area contributed by atoms with E-state index < -0.39 is 0 Å². The molecular weight excluding hydrogens is 204 g/mol. The van der Waals surface area contributed by atoms with Gasteiger partial charge in [-0.2, -0.15) is 5.26 Å². The molecule has 16 heavy (non-hydrogen) atoms. The van der Waals surface area contributed by atoms with Gasteiger partial charge in [0.1, 0.15) is 11.8 Å². The van der Waals surface area contributed by atoms with Crippen molar-refractivity contribution < 1.29 is 4.74 Å². The molecule has 80 valence electrons. The van der Waals surface area contributed by atoms with E-state index in [9.17, 15) is 0 Å². The van der Waals surface area contributed by atoms with Gasteiger partial charge in [-0.1, -0.05) is 0 Å². The van der Waals surface area contributed by atoms with Crippen molar-refractivity contribution in [2.24, 2.45) is 0 Å². The van der Waals surface area contributed by atoms with E-state index in [1.54, 1.807) is 18.6 Å². The van der Waals surface area contributed by atoms with E-state index in [0.29, 0.717) is 11.8 Å². The summed E-state index contributed by atoms with van der Waals surface area (Å²) >= 11 is 0. The third-order valence-electron chi connectivity index (χ3n) is 2.82. The molecular formula is C11H10N4O. The molecule has 1 saturated heterocycles. The lowest BCUT2D eigenvalue weighted by Crippen LogP contribution is -2.30. The standard InChI is InChI=1S/C11H10N4O/c12-4-8-3-10-11(5-13-8)15(7-14-10)6-9-1-2-16-9/h3,5,7,9H,1-2,6H2. The zero-order valence-electron chi connectivity index (χ0n) is 8.63. The molecule has 0 N–H and O–H groups in total. The van der Waals surface area contributed by atoms with Crippen LogP contribution in [0.25, 0.3) is 11.0 Å². The van der Waals surface area contributed by atoms with E-state index in [1.807, 2.05) is 10.6 Å². The number of hydrogen-bond acceptors (Lipinski definition) is 4. The van der Waals surface area contributed by atoms with Gasteiger partial charge in [-0.05, 0) is 6.42 Å². The normalized spacial score (nSPS) is 19.3. The molecule has 1 atom stereocenters. The zero-order chi connectivity index (χ0) is 11.0. The summed E-state index contributed by atoms with van der Waals surface area (Å²) in [5, 5.41) is 8.73. The number of nitriles is 1. The quantitative estimate of drug-likeness (QED) is 0.750. The molecule has 1 aliphatic rings. The average Bonchev–Trinajstić information content (AvgIpc) is 2.65. The molecule has 5 heteroatoms. The van der Waals surface area contributed by atoms with Crippen LogP contribution in [0.3, 0.4) is 0 Å². The molecule has 0 radical (unpaired) electrons. The number of ether oxygens (including phenoxy) is 1. The molecule has 0 aliphatic carbocycles. The molecule has 2 aromatic heterocycles. The van der Waals surface area contributed by atoms with E-state index in [1.165, 1.54) is 0 Å². The SMILES string of the molecule is N#Cc1cc2ncn(CC3CCO3)c2cn1. The van der Waals surface area contributed by atoms with Gasteiger partial charge in [-0.3, -0.25) is 0 Å². The van der Waals surface area contributed by atoms with Crippen LogP contribution < -0.4 is 0 Å². The number of nitrogens with zero attached hydrogens (tertiary/aromatic N) is 4. The van der Waals surface area contributed by atoms with Gasteiger partial charge in [0.05, 0.1) is 36.2 Å². The van der Waals surface area contributed by atoms with Crippen molar-refractivity contribution in [3.8, 4) is 6.07 Å². The van der Waals surface area contributed by atoms with E-state index in [-0.39, 0.29) is 0 Å². The average molecular weight is 214 g/mol. The van der Waals surface area contributed by atoms with Crippen LogP contribution >= 0.6 is 0 Å². The van der Waals surface area contributed by atoms with Crippen molar-refractivity contribution >= 4 is 11.0 Å². The fraction of sp³-hybridized carbons (Fsp3) is 0.364. The number of imidazole rings is 1. The third kappa shape index (κ3) is 1.44. The number of fused-ring (bicyclic) bond motifs is 1. The molecule has 0 aromatic carbocycles. The van der Waals surface area contributed by atoms with Crippen LogP contribution in [0, 0.1) is 11.3 Å². The number of aromatic nitrogens is 3. The molecule has 1 aliphatic heterocycles. The Balaban J connectivity index is 1.97. The van der Waals surface area contributed by atoms with Gasteiger partial charge in [0, 0.05) is 12.7 Å². The van der Waals surface area contributed by atoms with E-state index >= 15 is 0 Å². The largest absolute Gasteiger partial charge is 0.376 e. The first-order valence-electron chi connectivity index (χ1n) is 5.19. The Kier molecular flexibility index (Phi) is 2.08. The summed E-state index contributed by atoms with van der Waals surface area (Å²) in [6.45, 7) is 1.66. The van der Waals surface area contributed by atoms with Crippen molar-refractivity contribution in [2.45, 2.75) is 19.1 Å². The van der Waals surface area contributed by atoms with Crippen molar-refractivity contribution in [1.29, 1.82) is 5.26 Å². The molecule has 0 saturated carbocycles. The van der Waals surface area contributed by atoms with Gasteiger partial charge >= 0.3 is 0 Å². The van der Waals surface area contributed by atoms with Crippen molar-refractivity contribution in [3.63, 3.8) is 0 Å². The first kappa shape index (κ1) is 9.31. The summed E-state index contributed by atoms with van der Waals surface area (Å²) in [5.41, 5.74) is 2.16. The number of rotatable bonds is 2. The van der Waals surface area contributed by atoms with E-state index in [2.05, 4.69) is 9.97 Å². The van der Waals surface area contributed by atoms with Crippen LogP contribution in [0.5, 0.6) is 0 Å². The Bertz CT molecular complexity index is 565. The molecule has 5 nitrogen and oxygen atoms in total. The summed E-state index contributed by atoms with van der Waals surface area (Å²) in [4.78, 5) is 8.30. The number of hydrogen-bond donors (Lipinski definition) is 0. The minimum Gasteiger partial charge on any atom is -0.376 e. The highest BCUT2D eigenvalue weighted by Crippen LogP contribution is 2.17. The Morgan fingerprint density at radius 1 is 1.56 bits per heavy atom. The maximum absolute atomic E-state index is 8.73. The second kappa shape index (κ2) is 3.58. The first-order valence-corrected chi connectivity index (χ1v) is 5.19. The maximum Gasteiger partial charge on any atom is 0.142 e. The monoisotopic (exact) mass is 214 g/mol. The molecule has 0 spiro atoms. The lowest BCUT2D eigenvalue weighted by molar-refractivity contribution is -0.0586. The Labute approximate surface area is 92.3 Å². The lowest BCUT2D eigenvalue weighted by Gasteiger charge is -2.26. The van der Waals surface area contributed by atoms with Gasteiger partial charge in [0.15, 0.2) is 0 Å². The minimum absolute atomic E-state index is 0.299. The van der Waals surface area contributed by atoms with Crippen LogP contribution in [-0.4, -0.2) is 27.2 Å². The Morgan fingerprint density at radius 3 is 3.12 bits per heavy atom. The smallest absolute Gasteiger partial charge is 0.142 e. The molecule has 0 amide bonds. The van der Waals surface area contributed by atoms with Crippen LogP contribution in [0.2, 0.25) is 0 Å². The van der Waals surface area contributed by atoms with Crippen LogP contribution in [0.15, 0.2) is 18.6 Å². The maximum atomic E-state index is 8.73. The van der Waals surface area contributed by atoms with Crippen molar-refractivity contribution in [1.82, 2.24) is 14.5 Å². The fourth-order valence-corrected chi connectivity index (χ4v) is 1.81. The predicted octanol–water partition coefficient (Wildman–Crippen LogP) is 1.09. The molecule has 2 aromatic rings. The van der Waals surface area contributed by atoms with E-state index in [0.717, 1.165) is 30.6 Å². The van der Waals surface area contributed by atoms with Gasteiger partial charge in [0.25, 0.3) is 0 Å². The van der Waals surface area contributed by atoms with Crippen molar-refractivity contribution in [2.75, 3.05) is 6.61 Å². The summed E-state index contributed by atoms with van der Waals surface area (Å²) in [6, 6.07) is 3.71. The van der Waals surface area contributed by atoms with E-state index in [4.69, 9.17) is 10.00 Å². The van der Waals surface area contributed by atoms with Gasteiger partial charge in [0.2, 0.25) is 0 Å². The second-order valence-corrected chi connectivity index (χ2v) is 3.85. The van der Waals surface area contributed by atoms with Gasteiger partial charge in [-0.25, -0.2) is 9.97 Å². The van der Waals surface area contributed by atoms with Crippen LogP contribution in [0.4, 0.5) is 0 Å². The summed E-state index contributed by atoms with van der Waals surface area (Å²) in [6.07, 6.45) is 4.87. The van der Waals surface area contributed by atoms with Crippen molar-refractivity contribution in [3.05, 3.63) is 24.3 Å². The van der Waals surface area contributed by atoms with Gasteiger partial charge < -0.3 is 9.30 Å². The minimum atomic E-state index is 0.299. The predicted molar refractivity (Wildman–Crippen MR) is 56.6 cm³/mol. The van der Waals surface area contributed by atoms with Gasteiger partial charge in [-0.15, -0.1) is 0 Å². The summed E-state index contributed by atoms with van der Waals surface area (Å²) in [7, 11) is 0. The molecule has 3 rings (SSSR count). The molecule has 0 bridgehead atoms. The first-order chi connectivity index (χ1) is 7.86. The Hall–Kier alpha value is -1.93. The molecule has 1 fully saturated rings. The Morgan fingerprint density at radius 2 is 2.44 bits per heavy atom. The lowest BCUT2D eigenvalue weighted by atomic mass is 10.2. The molecule has 3 heterocycles. The highest BCUT2D eigenvalue weighted by Gasteiger charge is 2.19. The third-order valence-corrected chi connectivity index (χ3v) is 2.82. The second-order valence-electron chi connectivity index (χ2n) is 3.85. The summed E-state index contributed by atoms with van der Waals surface area (Å²) < 4.78 is 7.40. The van der Waals surface area contributed by atoms with Crippen LogP contribution in [-0.2, 0) is 11.3 Å². The highest BCUT2D eigenvalue weighted by molar-refractivity contribution is 5.75. The topological polar surface area (TPSA) is 63.7 Å². The number of pyridine rings is 1. The molecule has 1 unspecified atom stereocenters. The summed E-state index contributed by atoms with van der Waals surface area (Å²) in [5.74, 6) is 0. The zero-order valence-corrected chi connectivity index (χ0v) is 8.63.